The van der Waals surface area contributed by atoms with E-state index >= 15 is 0 Å². The van der Waals surface area contributed by atoms with Crippen LogP contribution < -0.4 is 4.90 Å². The number of benzene rings is 4. The van der Waals surface area contributed by atoms with Crippen LogP contribution in [0.25, 0.3) is 32.8 Å². The largest absolute Gasteiger partial charge is 0.308 e. The van der Waals surface area contributed by atoms with Crippen LogP contribution in [0.4, 0.5) is 17.1 Å². The molecule has 4 aromatic carbocycles. The number of fused-ring (bicyclic) bond motifs is 4. The van der Waals surface area contributed by atoms with Crippen molar-refractivity contribution >= 4 is 38.6 Å². The van der Waals surface area contributed by atoms with Crippen molar-refractivity contribution in [3.8, 4) is 11.3 Å². The molecular formula is C26H18N2. The van der Waals surface area contributed by atoms with Crippen LogP contribution in [0.15, 0.2) is 91.1 Å². The Labute approximate surface area is 163 Å². The van der Waals surface area contributed by atoms with E-state index < -0.39 is 0 Å². The Morgan fingerprint density at radius 1 is 0.750 bits per heavy atom. The Bertz CT molecular complexity index is 1370. The number of anilines is 3. The molecule has 2 nitrogen and oxygen atoms in total. The molecule has 1 aliphatic rings. The molecule has 0 spiro atoms. The van der Waals surface area contributed by atoms with Gasteiger partial charge in [0.2, 0.25) is 0 Å². The summed E-state index contributed by atoms with van der Waals surface area (Å²) in [5, 5.41) is 4.94. The first-order chi connectivity index (χ1) is 13.8. The molecule has 6 rings (SSSR count). The number of hydrogen-bond donors (Lipinski definition) is 0. The standard InChI is InChI=1S/C26H18N2/c1-17-15-19-13-14-27-25-22-12-11-18-7-5-6-10-21(18)26(22)28(23(16-17)24(19)25)20-8-3-2-4-9-20/h2-16H,1H3. The number of hydrogen-bond acceptors (Lipinski definition) is 2. The highest BCUT2D eigenvalue weighted by Crippen LogP contribution is 2.52. The lowest BCUT2D eigenvalue weighted by molar-refractivity contribution is 1.25. The Balaban J connectivity index is 1.85. The molecule has 28 heavy (non-hydrogen) atoms. The molecule has 5 aromatic rings. The first-order valence-electron chi connectivity index (χ1n) is 9.58. The Morgan fingerprint density at radius 3 is 2.46 bits per heavy atom. The van der Waals surface area contributed by atoms with Gasteiger partial charge in [0, 0.05) is 28.2 Å². The van der Waals surface area contributed by atoms with Gasteiger partial charge in [0.1, 0.15) is 0 Å². The van der Waals surface area contributed by atoms with Crippen molar-refractivity contribution in [2.24, 2.45) is 0 Å². The molecular weight excluding hydrogens is 340 g/mol. The third kappa shape index (κ3) is 2.06. The van der Waals surface area contributed by atoms with E-state index in [2.05, 4.69) is 96.8 Å². The Kier molecular flexibility index (Phi) is 3.12. The molecule has 0 aliphatic carbocycles. The Morgan fingerprint density at radius 2 is 1.57 bits per heavy atom. The van der Waals surface area contributed by atoms with Crippen LogP contribution in [-0.4, -0.2) is 4.98 Å². The Hall–Kier alpha value is -3.65. The molecule has 0 fully saturated rings. The number of aromatic nitrogens is 1. The molecule has 1 aliphatic heterocycles. The van der Waals surface area contributed by atoms with Gasteiger partial charge in [-0.05, 0) is 47.5 Å². The van der Waals surface area contributed by atoms with Crippen LogP contribution in [0.3, 0.4) is 0 Å². The molecule has 2 heteroatoms. The summed E-state index contributed by atoms with van der Waals surface area (Å²) in [5.41, 5.74) is 7.09. The third-order valence-corrected chi connectivity index (χ3v) is 5.62. The maximum atomic E-state index is 4.82. The molecule has 1 aromatic heterocycles. The first-order valence-corrected chi connectivity index (χ1v) is 9.58. The number of aryl methyl sites for hydroxylation is 1. The average Bonchev–Trinajstić information content (AvgIpc) is 2.74. The highest BCUT2D eigenvalue weighted by Gasteiger charge is 2.28. The van der Waals surface area contributed by atoms with Crippen molar-refractivity contribution in [3.63, 3.8) is 0 Å². The summed E-state index contributed by atoms with van der Waals surface area (Å²) in [6.07, 6.45) is 1.93. The van der Waals surface area contributed by atoms with E-state index in [1.54, 1.807) is 0 Å². The van der Waals surface area contributed by atoms with E-state index in [1.165, 1.54) is 49.7 Å². The topological polar surface area (TPSA) is 16.1 Å². The lowest BCUT2D eigenvalue weighted by atomic mass is 9.91. The molecule has 0 saturated carbocycles. The fourth-order valence-corrected chi connectivity index (χ4v) is 4.47. The van der Waals surface area contributed by atoms with Gasteiger partial charge < -0.3 is 4.90 Å². The molecule has 0 saturated heterocycles. The summed E-state index contributed by atoms with van der Waals surface area (Å²) in [6.45, 7) is 2.16. The zero-order valence-electron chi connectivity index (χ0n) is 15.6. The van der Waals surface area contributed by atoms with E-state index in [4.69, 9.17) is 4.98 Å². The molecule has 0 unspecified atom stereocenters. The lowest BCUT2D eigenvalue weighted by Crippen LogP contribution is -2.16. The van der Waals surface area contributed by atoms with Gasteiger partial charge in [0.05, 0.1) is 17.1 Å². The summed E-state index contributed by atoms with van der Waals surface area (Å²) < 4.78 is 0. The zero-order valence-corrected chi connectivity index (χ0v) is 15.6. The number of para-hydroxylation sites is 1. The maximum absolute atomic E-state index is 4.82. The summed E-state index contributed by atoms with van der Waals surface area (Å²) >= 11 is 0. The van der Waals surface area contributed by atoms with Crippen molar-refractivity contribution in [3.05, 3.63) is 96.7 Å². The third-order valence-electron chi connectivity index (χ3n) is 5.62. The summed E-state index contributed by atoms with van der Waals surface area (Å²) in [4.78, 5) is 7.22. The van der Waals surface area contributed by atoms with Gasteiger partial charge in [-0.1, -0.05) is 60.7 Å². The van der Waals surface area contributed by atoms with Crippen molar-refractivity contribution in [1.82, 2.24) is 4.98 Å². The summed E-state index contributed by atoms with van der Waals surface area (Å²) in [5.74, 6) is 0. The quantitative estimate of drug-likeness (QED) is 0.310. The fourth-order valence-electron chi connectivity index (χ4n) is 4.47. The smallest absolute Gasteiger partial charge is 0.0822 e. The maximum Gasteiger partial charge on any atom is 0.0822 e. The molecule has 0 atom stereocenters. The van der Waals surface area contributed by atoms with Crippen molar-refractivity contribution < 1.29 is 0 Å². The van der Waals surface area contributed by atoms with Gasteiger partial charge in [-0.2, -0.15) is 0 Å². The number of rotatable bonds is 1. The monoisotopic (exact) mass is 358 g/mol. The highest BCUT2D eigenvalue weighted by atomic mass is 15.2. The summed E-state index contributed by atoms with van der Waals surface area (Å²) in [7, 11) is 0. The van der Waals surface area contributed by atoms with Crippen molar-refractivity contribution in [1.29, 1.82) is 0 Å². The fraction of sp³-hybridized carbons (Fsp3) is 0.0385. The van der Waals surface area contributed by atoms with Crippen LogP contribution in [0.1, 0.15) is 5.56 Å². The van der Waals surface area contributed by atoms with Crippen LogP contribution in [0, 0.1) is 6.92 Å². The highest BCUT2D eigenvalue weighted by molar-refractivity contribution is 6.17. The second-order valence-corrected chi connectivity index (χ2v) is 7.40. The lowest BCUT2D eigenvalue weighted by Gasteiger charge is -2.34. The predicted molar refractivity (Wildman–Crippen MR) is 118 cm³/mol. The van der Waals surface area contributed by atoms with Gasteiger partial charge in [-0.15, -0.1) is 0 Å². The molecule has 0 radical (unpaired) electrons. The summed E-state index contributed by atoms with van der Waals surface area (Å²) in [6, 6.07) is 30.3. The minimum Gasteiger partial charge on any atom is -0.308 e. The second-order valence-electron chi connectivity index (χ2n) is 7.40. The van der Waals surface area contributed by atoms with Gasteiger partial charge in [0.15, 0.2) is 0 Å². The minimum atomic E-state index is 1.07. The van der Waals surface area contributed by atoms with Gasteiger partial charge in [0.25, 0.3) is 0 Å². The molecule has 0 N–H and O–H groups in total. The number of pyridine rings is 1. The molecule has 0 bridgehead atoms. The van der Waals surface area contributed by atoms with Gasteiger partial charge >= 0.3 is 0 Å². The molecule has 2 heterocycles. The predicted octanol–water partition coefficient (Wildman–Crippen LogP) is 7.15. The first kappa shape index (κ1) is 15.4. The van der Waals surface area contributed by atoms with Crippen LogP contribution in [0.5, 0.6) is 0 Å². The second kappa shape index (κ2) is 5.67. The van der Waals surface area contributed by atoms with Gasteiger partial charge in [-0.25, -0.2) is 0 Å². The number of nitrogens with zero attached hydrogens (tertiary/aromatic N) is 2. The van der Waals surface area contributed by atoms with Crippen LogP contribution >= 0.6 is 0 Å². The normalized spacial score (nSPS) is 12.4. The minimum absolute atomic E-state index is 1.07. The van der Waals surface area contributed by atoms with E-state index in [0.29, 0.717) is 0 Å². The van der Waals surface area contributed by atoms with E-state index in [0.717, 1.165) is 5.69 Å². The molecule has 0 amide bonds. The van der Waals surface area contributed by atoms with Crippen molar-refractivity contribution in [2.45, 2.75) is 6.92 Å². The van der Waals surface area contributed by atoms with Crippen LogP contribution in [-0.2, 0) is 0 Å². The SMILES string of the molecule is Cc1cc2c3c(nccc3c1)-c1ccc3ccccc3c1N2c1ccccc1. The van der Waals surface area contributed by atoms with Crippen LogP contribution in [0.2, 0.25) is 0 Å². The average molecular weight is 358 g/mol. The zero-order chi connectivity index (χ0) is 18.7. The molecule has 132 valence electrons. The van der Waals surface area contributed by atoms with E-state index in [1.807, 2.05) is 6.20 Å². The van der Waals surface area contributed by atoms with Gasteiger partial charge in [-0.3, -0.25) is 4.98 Å². The van der Waals surface area contributed by atoms with E-state index in [9.17, 15) is 0 Å². The van der Waals surface area contributed by atoms with E-state index in [-0.39, 0.29) is 0 Å². The van der Waals surface area contributed by atoms with Crippen molar-refractivity contribution in [2.75, 3.05) is 4.90 Å².